The molecule has 0 aliphatic rings. The lowest BCUT2D eigenvalue weighted by atomic mass is 10.1. The van der Waals surface area contributed by atoms with Crippen LogP contribution in [-0.4, -0.2) is 27.2 Å². The number of nitrogens with zero attached hydrogens (tertiary/aromatic N) is 2. The molecule has 1 heterocycles. The number of anilines is 1. The molecule has 0 fully saturated rings. The van der Waals surface area contributed by atoms with E-state index in [1.54, 1.807) is 6.92 Å². The normalized spacial score (nSPS) is 14.9. The number of nitrogens with one attached hydrogen (secondary N) is 1. The molecule has 0 saturated carbocycles. The van der Waals surface area contributed by atoms with E-state index in [1.165, 1.54) is 12.5 Å². The standard InChI is InChI=1S/C9H14ClN3O/c1-3-8(6(2)14)13-9-7(10)4-11-5-12-9/h4-6,8,14H,3H2,1-2H3,(H,11,12,13). The third kappa shape index (κ3) is 2.82. The van der Waals surface area contributed by atoms with Crippen molar-refractivity contribution in [2.24, 2.45) is 0 Å². The Balaban J connectivity index is 2.72. The summed E-state index contributed by atoms with van der Waals surface area (Å²) in [4.78, 5) is 7.76. The van der Waals surface area contributed by atoms with Crippen LogP contribution in [0.1, 0.15) is 20.3 Å². The summed E-state index contributed by atoms with van der Waals surface area (Å²) >= 11 is 5.86. The number of halogens is 1. The maximum absolute atomic E-state index is 9.42. The quantitative estimate of drug-likeness (QED) is 0.803. The van der Waals surface area contributed by atoms with E-state index in [4.69, 9.17) is 11.6 Å². The van der Waals surface area contributed by atoms with Gasteiger partial charge in [-0.3, -0.25) is 0 Å². The predicted octanol–water partition coefficient (Wildman–Crippen LogP) is 1.70. The lowest BCUT2D eigenvalue weighted by Gasteiger charge is -2.20. The van der Waals surface area contributed by atoms with Crippen molar-refractivity contribution >= 4 is 17.4 Å². The molecule has 0 saturated heterocycles. The summed E-state index contributed by atoms with van der Waals surface area (Å²) in [6.45, 7) is 3.72. The average molecular weight is 216 g/mol. The minimum absolute atomic E-state index is 0.0394. The van der Waals surface area contributed by atoms with Gasteiger partial charge in [-0.1, -0.05) is 18.5 Å². The van der Waals surface area contributed by atoms with Crippen molar-refractivity contribution in [3.05, 3.63) is 17.5 Å². The van der Waals surface area contributed by atoms with Crippen LogP contribution in [-0.2, 0) is 0 Å². The Hall–Kier alpha value is -0.870. The van der Waals surface area contributed by atoms with E-state index in [-0.39, 0.29) is 6.04 Å². The van der Waals surface area contributed by atoms with Crippen LogP contribution in [0.15, 0.2) is 12.5 Å². The molecule has 0 amide bonds. The van der Waals surface area contributed by atoms with Crippen molar-refractivity contribution in [1.82, 2.24) is 9.97 Å². The Morgan fingerprint density at radius 2 is 2.36 bits per heavy atom. The van der Waals surface area contributed by atoms with Gasteiger partial charge in [0.25, 0.3) is 0 Å². The van der Waals surface area contributed by atoms with Crippen LogP contribution in [0.4, 0.5) is 5.82 Å². The SMILES string of the molecule is CCC(Nc1ncncc1Cl)C(C)O. The highest BCUT2D eigenvalue weighted by atomic mass is 35.5. The first-order chi connectivity index (χ1) is 6.65. The molecule has 0 aromatic carbocycles. The van der Waals surface area contributed by atoms with Gasteiger partial charge in [-0.2, -0.15) is 0 Å². The Kier molecular flexibility index (Phi) is 4.10. The highest BCUT2D eigenvalue weighted by molar-refractivity contribution is 6.32. The van der Waals surface area contributed by atoms with E-state index < -0.39 is 6.10 Å². The first-order valence-corrected chi connectivity index (χ1v) is 4.93. The summed E-state index contributed by atoms with van der Waals surface area (Å²) in [5.41, 5.74) is 0. The number of aliphatic hydroxyl groups is 1. The van der Waals surface area contributed by atoms with Crippen LogP contribution in [0.5, 0.6) is 0 Å². The maximum atomic E-state index is 9.42. The van der Waals surface area contributed by atoms with Gasteiger partial charge in [-0.25, -0.2) is 9.97 Å². The summed E-state index contributed by atoms with van der Waals surface area (Å²) in [6.07, 6.45) is 3.30. The second-order valence-electron chi connectivity index (χ2n) is 3.12. The molecule has 1 rings (SSSR count). The number of aliphatic hydroxyl groups excluding tert-OH is 1. The molecule has 2 N–H and O–H groups in total. The van der Waals surface area contributed by atoms with Gasteiger partial charge in [-0.05, 0) is 13.3 Å². The fraction of sp³-hybridized carbons (Fsp3) is 0.556. The number of hydrogen-bond acceptors (Lipinski definition) is 4. The molecule has 1 aromatic heterocycles. The summed E-state index contributed by atoms with van der Waals surface area (Å²) in [5, 5.41) is 12.9. The zero-order valence-corrected chi connectivity index (χ0v) is 8.99. The zero-order valence-electron chi connectivity index (χ0n) is 8.24. The molecule has 14 heavy (non-hydrogen) atoms. The molecule has 0 radical (unpaired) electrons. The van der Waals surface area contributed by atoms with Gasteiger partial charge in [0.1, 0.15) is 17.2 Å². The topological polar surface area (TPSA) is 58.0 Å². The Bertz CT molecular complexity index is 293. The predicted molar refractivity (Wildman–Crippen MR) is 56.4 cm³/mol. The van der Waals surface area contributed by atoms with Gasteiger partial charge in [-0.15, -0.1) is 0 Å². The lowest BCUT2D eigenvalue weighted by Crippen LogP contribution is -2.31. The lowest BCUT2D eigenvalue weighted by molar-refractivity contribution is 0.169. The molecule has 0 aliphatic heterocycles. The largest absolute Gasteiger partial charge is 0.391 e. The van der Waals surface area contributed by atoms with Crippen molar-refractivity contribution in [3.63, 3.8) is 0 Å². The second kappa shape index (κ2) is 5.12. The highest BCUT2D eigenvalue weighted by Gasteiger charge is 2.14. The van der Waals surface area contributed by atoms with Crippen molar-refractivity contribution < 1.29 is 5.11 Å². The molecule has 0 aliphatic carbocycles. The van der Waals surface area contributed by atoms with E-state index in [0.717, 1.165) is 6.42 Å². The van der Waals surface area contributed by atoms with E-state index in [9.17, 15) is 5.11 Å². The van der Waals surface area contributed by atoms with Crippen LogP contribution in [0.2, 0.25) is 5.02 Å². The van der Waals surface area contributed by atoms with Crippen LogP contribution in [0.3, 0.4) is 0 Å². The molecular formula is C9H14ClN3O. The molecule has 1 aromatic rings. The molecule has 5 heteroatoms. The van der Waals surface area contributed by atoms with Gasteiger partial charge < -0.3 is 10.4 Å². The van der Waals surface area contributed by atoms with Crippen LogP contribution in [0, 0.1) is 0 Å². The minimum atomic E-state index is -0.439. The summed E-state index contributed by atoms with van der Waals surface area (Å²) < 4.78 is 0. The van der Waals surface area contributed by atoms with E-state index in [1.807, 2.05) is 6.92 Å². The maximum Gasteiger partial charge on any atom is 0.148 e. The fourth-order valence-corrected chi connectivity index (χ4v) is 1.32. The second-order valence-corrected chi connectivity index (χ2v) is 3.53. The first kappa shape index (κ1) is 11.2. The molecule has 2 atom stereocenters. The van der Waals surface area contributed by atoms with Crippen LogP contribution in [0.25, 0.3) is 0 Å². The van der Waals surface area contributed by atoms with Gasteiger partial charge in [0.2, 0.25) is 0 Å². The summed E-state index contributed by atoms with van der Waals surface area (Å²) in [5.74, 6) is 0.564. The molecule has 0 spiro atoms. The zero-order chi connectivity index (χ0) is 10.6. The number of aromatic nitrogens is 2. The van der Waals surface area contributed by atoms with Crippen LogP contribution < -0.4 is 5.32 Å². The van der Waals surface area contributed by atoms with Gasteiger partial charge in [0.05, 0.1) is 18.3 Å². The van der Waals surface area contributed by atoms with E-state index in [0.29, 0.717) is 10.8 Å². The van der Waals surface area contributed by atoms with Gasteiger partial charge >= 0.3 is 0 Å². The summed E-state index contributed by atoms with van der Waals surface area (Å²) in [7, 11) is 0. The van der Waals surface area contributed by atoms with Crippen LogP contribution >= 0.6 is 11.6 Å². The van der Waals surface area contributed by atoms with E-state index >= 15 is 0 Å². The van der Waals surface area contributed by atoms with Crippen molar-refractivity contribution in [2.75, 3.05) is 5.32 Å². The van der Waals surface area contributed by atoms with E-state index in [2.05, 4.69) is 15.3 Å². The van der Waals surface area contributed by atoms with Crippen molar-refractivity contribution in [2.45, 2.75) is 32.4 Å². The van der Waals surface area contributed by atoms with Gasteiger partial charge in [0.15, 0.2) is 0 Å². The average Bonchev–Trinajstić information content (AvgIpc) is 2.16. The monoisotopic (exact) mass is 215 g/mol. The fourth-order valence-electron chi connectivity index (χ4n) is 1.16. The highest BCUT2D eigenvalue weighted by Crippen LogP contribution is 2.18. The number of hydrogen-bond donors (Lipinski definition) is 2. The van der Waals surface area contributed by atoms with Gasteiger partial charge in [0, 0.05) is 0 Å². The Labute approximate surface area is 88.3 Å². The van der Waals surface area contributed by atoms with Crippen molar-refractivity contribution in [1.29, 1.82) is 0 Å². The minimum Gasteiger partial charge on any atom is -0.391 e. The Morgan fingerprint density at radius 3 is 2.86 bits per heavy atom. The first-order valence-electron chi connectivity index (χ1n) is 4.55. The molecule has 78 valence electrons. The summed E-state index contributed by atoms with van der Waals surface area (Å²) in [6, 6.07) is -0.0394. The van der Waals surface area contributed by atoms with Crippen molar-refractivity contribution in [3.8, 4) is 0 Å². The molecule has 0 bridgehead atoms. The molecular weight excluding hydrogens is 202 g/mol. The smallest absolute Gasteiger partial charge is 0.148 e. The third-order valence-electron chi connectivity index (χ3n) is 2.01. The molecule has 4 nitrogen and oxygen atoms in total. The molecule has 2 unspecified atom stereocenters. The Morgan fingerprint density at radius 1 is 1.64 bits per heavy atom. The number of rotatable bonds is 4. The third-order valence-corrected chi connectivity index (χ3v) is 2.29.